The highest BCUT2D eigenvalue weighted by atomic mass is 16.5. The predicted octanol–water partition coefficient (Wildman–Crippen LogP) is 2.91. The number of rotatable bonds is 3. The molecule has 18 heavy (non-hydrogen) atoms. The molecule has 0 unspecified atom stereocenters. The van der Waals surface area contributed by atoms with Gasteiger partial charge in [0, 0.05) is 5.56 Å². The van der Waals surface area contributed by atoms with E-state index in [2.05, 4.69) is 6.07 Å². The molecule has 0 amide bonds. The smallest absolute Gasteiger partial charge is 0.124 e. The first-order valence-electron chi connectivity index (χ1n) is 6.46. The van der Waals surface area contributed by atoms with Gasteiger partial charge in [0.15, 0.2) is 0 Å². The van der Waals surface area contributed by atoms with E-state index in [9.17, 15) is 5.11 Å². The number of benzene rings is 1. The van der Waals surface area contributed by atoms with Crippen molar-refractivity contribution in [3.63, 3.8) is 0 Å². The van der Waals surface area contributed by atoms with Gasteiger partial charge in [-0.25, -0.2) is 0 Å². The third kappa shape index (κ3) is 2.49. The van der Waals surface area contributed by atoms with Crippen LogP contribution in [0.3, 0.4) is 0 Å². The lowest BCUT2D eigenvalue weighted by Gasteiger charge is -2.33. The van der Waals surface area contributed by atoms with Gasteiger partial charge >= 0.3 is 0 Å². The minimum atomic E-state index is -0.783. The fourth-order valence-electron chi connectivity index (χ4n) is 2.73. The van der Waals surface area contributed by atoms with E-state index >= 15 is 0 Å². The second-order valence-electron chi connectivity index (χ2n) is 4.96. The van der Waals surface area contributed by atoms with E-state index in [1.54, 1.807) is 7.11 Å². The quantitative estimate of drug-likeness (QED) is 0.890. The Kier molecular flexibility index (Phi) is 3.88. The Morgan fingerprint density at radius 3 is 2.67 bits per heavy atom. The summed E-state index contributed by atoms with van der Waals surface area (Å²) in [5.74, 6) is 0.723. The van der Waals surface area contributed by atoms with Crippen LogP contribution in [-0.4, -0.2) is 12.2 Å². The molecule has 3 heteroatoms. The number of nitriles is 1. The molecule has 0 heterocycles. The minimum Gasteiger partial charge on any atom is -0.496 e. The van der Waals surface area contributed by atoms with Crippen molar-refractivity contribution in [2.45, 2.75) is 44.1 Å². The number of methoxy groups -OCH3 is 1. The van der Waals surface area contributed by atoms with Crippen molar-refractivity contribution in [1.29, 1.82) is 5.26 Å². The predicted molar refractivity (Wildman–Crippen MR) is 69.3 cm³/mol. The van der Waals surface area contributed by atoms with E-state index in [1.807, 2.05) is 18.2 Å². The third-order valence-corrected chi connectivity index (χ3v) is 3.73. The van der Waals surface area contributed by atoms with Gasteiger partial charge in [0.25, 0.3) is 0 Å². The molecule has 3 nitrogen and oxygen atoms in total. The second kappa shape index (κ2) is 5.41. The summed E-state index contributed by atoms with van der Waals surface area (Å²) in [7, 11) is 1.62. The Morgan fingerprint density at radius 2 is 2.06 bits per heavy atom. The van der Waals surface area contributed by atoms with Crippen LogP contribution in [0.15, 0.2) is 18.2 Å². The first kappa shape index (κ1) is 12.9. The standard InChI is InChI=1S/C15H19NO2/c1-18-14-6-5-12(7-10-16)11-13(14)15(17)8-3-2-4-9-15/h5-6,11,17H,2-4,7-9H2,1H3. The van der Waals surface area contributed by atoms with Crippen molar-refractivity contribution < 1.29 is 9.84 Å². The Bertz CT molecular complexity index is 456. The van der Waals surface area contributed by atoms with Crippen molar-refractivity contribution in [3.8, 4) is 11.8 Å². The summed E-state index contributed by atoms with van der Waals surface area (Å²) in [6.07, 6.45) is 5.19. The van der Waals surface area contributed by atoms with Gasteiger partial charge in [0.2, 0.25) is 0 Å². The van der Waals surface area contributed by atoms with Crippen LogP contribution in [0.25, 0.3) is 0 Å². The van der Waals surface area contributed by atoms with Crippen LogP contribution in [0.4, 0.5) is 0 Å². The van der Waals surface area contributed by atoms with Gasteiger partial charge in [-0.1, -0.05) is 25.3 Å². The lowest BCUT2D eigenvalue weighted by molar-refractivity contribution is -0.00263. The molecule has 1 aromatic rings. The van der Waals surface area contributed by atoms with Gasteiger partial charge in [-0.3, -0.25) is 0 Å². The van der Waals surface area contributed by atoms with Crippen molar-refractivity contribution in [1.82, 2.24) is 0 Å². The Morgan fingerprint density at radius 1 is 1.33 bits per heavy atom. The summed E-state index contributed by atoms with van der Waals surface area (Å²) in [6.45, 7) is 0. The molecular weight excluding hydrogens is 226 g/mol. The van der Waals surface area contributed by atoms with Crippen molar-refractivity contribution >= 4 is 0 Å². The molecule has 0 aromatic heterocycles. The molecule has 0 radical (unpaired) electrons. The minimum absolute atomic E-state index is 0.368. The van der Waals surface area contributed by atoms with Crippen LogP contribution in [0.1, 0.15) is 43.2 Å². The van der Waals surface area contributed by atoms with Gasteiger partial charge in [0.1, 0.15) is 5.75 Å². The number of hydrogen-bond donors (Lipinski definition) is 1. The molecule has 0 spiro atoms. The van der Waals surface area contributed by atoms with Crippen LogP contribution >= 0.6 is 0 Å². The molecule has 0 aliphatic heterocycles. The zero-order chi connectivity index (χ0) is 13.0. The van der Waals surface area contributed by atoms with Crippen molar-refractivity contribution in [3.05, 3.63) is 29.3 Å². The summed E-state index contributed by atoms with van der Waals surface area (Å²) >= 11 is 0. The fourth-order valence-corrected chi connectivity index (χ4v) is 2.73. The summed E-state index contributed by atoms with van der Waals surface area (Å²) in [5, 5.41) is 19.6. The first-order chi connectivity index (χ1) is 8.69. The molecule has 2 rings (SSSR count). The highest BCUT2D eigenvalue weighted by Gasteiger charge is 2.33. The van der Waals surface area contributed by atoms with Gasteiger partial charge < -0.3 is 9.84 Å². The third-order valence-electron chi connectivity index (χ3n) is 3.73. The topological polar surface area (TPSA) is 53.2 Å². The van der Waals surface area contributed by atoms with Crippen LogP contribution < -0.4 is 4.74 Å². The lowest BCUT2D eigenvalue weighted by Crippen LogP contribution is -2.29. The largest absolute Gasteiger partial charge is 0.496 e. The monoisotopic (exact) mass is 245 g/mol. The number of ether oxygens (including phenoxy) is 1. The number of aliphatic hydroxyl groups is 1. The Hall–Kier alpha value is -1.53. The van der Waals surface area contributed by atoms with Crippen molar-refractivity contribution in [2.75, 3.05) is 7.11 Å². The normalized spacial score (nSPS) is 18.1. The van der Waals surface area contributed by atoms with Crippen LogP contribution in [-0.2, 0) is 12.0 Å². The zero-order valence-electron chi connectivity index (χ0n) is 10.8. The van der Waals surface area contributed by atoms with E-state index in [4.69, 9.17) is 10.00 Å². The lowest BCUT2D eigenvalue weighted by atomic mass is 9.79. The highest BCUT2D eigenvalue weighted by Crippen LogP contribution is 2.41. The molecule has 1 fully saturated rings. The summed E-state index contributed by atoms with van der Waals surface area (Å²) in [4.78, 5) is 0. The maximum absolute atomic E-state index is 10.8. The molecular formula is C15H19NO2. The molecule has 1 aromatic carbocycles. The van der Waals surface area contributed by atoms with Crippen LogP contribution in [0, 0.1) is 11.3 Å². The average molecular weight is 245 g/mol. The molecule has 1 aliphatic rings. The molecule has 1 saturated carbocycles. The number of nitrogens with zero attached hydrogens (tertiary/aromatic N) is 1. The maximum Gasteiger partial charge on any atom is 0.124 e. The van der Waals surface area contributed by atoms with Crippen LogP contribution in [0.5, 0.6) is 5.75 Å². The maximum atomic E-state index is 10.8. The van der Waals surface area contributed by atoms with Gasteiger partial charge in [0.05, 0.1) is 25.2 Å². The fraction of sp³-hybridized carbons (Fsp3) is 0.533. The number of hydrogen-bond acceptors (Lipinski definition) is 3. The van der Waals surface area contributed by atoms with Gasteiger partial charge in [-0.2, -0.15) is 5.26 Å². The van der Waals surface area contributed by atoms with E-state index in [-0.39, 0.29) is 0 Å². The first-order valence-corrected chi connectivity index (χ1v) is 6.46. The summed E-state index contributed by atoms with van der Waals surface area (Å²) in [6, 6.07) is 7.81. The molecule has 1 aliphatic carbocycles. The van der Waals surface area contributed by atoms with E-state index in [1.165, 1.54) is 6.42 Å². The van der Waals surface area contributed by atoms with E-state index < -0.39 is 5.60 Å². The molecule has 0 bridgehead atoms. The summed E-state index contributed by atoms with van der Waals surface area (Å²) in [5.41, 5.74) is 0.999. The Balaban J connectivity index is 2.39. The molecule has 96 valence electrons. The molecule has 0 saturated heterocycles. The van der Waals surface area contributed by atoms with Gasteiger partial charge in [-0.05, 0) is 30.5 Å². The SMILES string of the molecule is COc1ccc(CC#N)cc1C1(O)CCCCC1. The second-order valence-corrected chi connectivity index (χ2v) is 4.96. The molecule has 0 atom stereocenters. The Labute approximate surface area is 108 Å². The van der Waals surface area contributed by atoms with Gasteiger partial charge in [-0.15, -0.1) is 0 Å². The van der Waals surface area contributed by atoms with Crippen LogP contribution in [0.2, 0.25) is 0 Å². The highest BCUT2D eigenvalue weighted by molar-refractivity contribution is 5.42. The molecule has 1 N–H and O–H groups in total. The average Bonchev–Trinajstić information content (AvgIpc) is 2.40. The summed E-state index contributed by atoms with van der Waals surface area (Å²) < 4.78 is 5.35. The zero-order valence-corrected chi connectivity index (χ0v) is 10.8. The van der Waals surface area contributed by atoms with E-state index in [0.29, 0.717) is 6.42 Å². The van der Waals surface area contributed by atoms with Crippen molar-refractivity contribution in [2.24, 2.45) is 0 Å². The van der Waals surface area contributed by atoms with E-state index in [0.717, 1.165) is 42.6 Å².